The first kappa shape index (κ1) is 16.3. The average Bonchev–Trinajstić information content (AvgIpc) is 2.53. The van der Waals surface area contributed by atoms with E-state index >= 15 is 0 Å². The lowest BCUT2D eigenvalue weighted by atomic mass is 9.64. The SMILES string of the molecule is O=C(NCC1CCCC(O)C1)NCC1(c2ccccc2)CCC1. The zero-order chi connectivity index (χ0) is 16.1. The molecule has 0 aromatic heterocycles. The highest BCUT2D eigenvalue weighted by Crippen LogP contribution is 2.43. The van der Waals surface area contributed by atoms with Crippen molar-refractivity contribution in [3.63, 3.8) is 0 Å². The van der Waals surface area contributed by atoms with Gasteiger partial charge in [-0.2, -0.15) is 0 Å². The van der Waals surface area contributed by atoms with Crippen molar-refractivity contribution in [1.29, 1.82) is 0 Å². The lowest BCUT2D eigenvalue weighted by Gasteiger charge is -2.42. The first-order valence-electron chi connectivity index (χ1n) is 8.93. The van der Waals surface area contributed by atoms with E-state index in [0.29, 0.717) is 19.0 Å². The molecule has 2 saturated carbocycles. The molecule has 3 N–H and O–H groups in total. The van der Waals surface area contributed by atoms with Crippen molar-refractivity contribution in [2.45, 2.75) is 56.5 Å². The second-order valence-electron chi connectivity index (χ2n) is 7.25. The molecule has 1 aromatic carbocycles. The predicted molar refractivity (Wildman–Crippen MR) is 91.3 cm³/mol. The summed E-state index contributed by atoms with van der Waals surface area (Å²) in [5.41, 5.74) is 1.46. The van der Waals surface area contributed by atoms with Crippen LogP contribution in [0.25, 0.3) is 0 Å². The minimum Gasteiger partial charge on any atom is -0.393 e. The number of benzene rings is 1. The number of hydrogen-bond donors (Lipinski definition) is 3. The Balaban J connectivity index is 1.45. The first-order chi connectivity index (χ1) is 11.2. The largest absolute Gasteiger partial charge is 0.393 e. The lowest BCUT2D eigenvalue weighted by Crippen LogP contribution is -2.49. The molecule has 2 aliphatic rings. The van der Waals surface area contributed by atoms with E-state index in [1.54, 1.807) is 0 Å². The summed E-state index contributed by atoms with van der Waals surface area (Å²) in [6.07, 6.45) is 7.22. The molecule has 0 bridgehead atoms. The highest BCUT2D eigenvalue weighted by molar-refractivity contribution is 5.74. The van der Waals surface area contributed by atoms with Gasteiger partial charge in [-0.3, -0.25) is 0 Å². The smallest absolute Gasteiger partial charge is 0.314 e. The topological polar surface area (TPSA) is 61.4 Å². The van der Waals surface area contributed by atoms with Gasteiger partial charge in [-0.1, -0.05) is 43.2 Å². The number of urea groups is 1. The Morgan fingerprint density at radius 3 is 2.57 bits per heavy atom. The molecule has 0 heterocycles. The number of carbonyl (C=O) groups is 1. The van der Waals surface area contributed by atoms with E-state index in [-0.39, 0.29) is 17.6 Å². The molecule has 0 spiro atoms. The van der Waals surface area contributed by atoms with Crippen molar-refractivity contribution in [2.75, 3.05) is 13.1 Å². The quantitative estimate of drug-likeness (QED) is 0.782. The molecule has 0 aliphatic heterocycles. The number of aliphatic hydroxyl groups excluding tert-OH is 1. The normalized spacial score (nSPS) is 26.1. The third kappa shape index (κ3) is 4.05. The zero-order valence-electron chi connectivity index (χ0n) is 13.8. The van der Waals surface area contributed by atoms with Gasteiger partial charge in [0.1, 0.15) is 0 Å². The van der Waals surface area contributed by atoms with E-state index in [2.05, 4.69) is 34.9 Å². The first-order valence-corrected chi connectivity index (χ1v) is 8.93. The fourth-order valence-electron chi connectivity index (χ4n) is 3.96. The van der Waals surface area contributed by atoms with Crippen molar-refractivity contribution in [2.24, 2.45) is 5.92 Å². The monoisotopic (exact) mass is 316 g/mol. The molecule has 2 atom stereocenters. The van der Waals surface area contributed by atoms with Crippen LogP contribution in [0.2, 0.25) is 0 Å². The van der Waals surface area contributed by atoms with E-state index in [4.69, 9.17) is 0 Å². The summed E-state index contributed by atoms with van der Waals surface area (Å²) in [5, 5.41) is 15.7. The van der Waals surface area contributed by atoms with Gasteiger partial charge in [-0.15, -0.1) is 0 Å². The van der Waals surface area contributed by atoms with Crippen molar-refractivity contribution in [1.82, 2.24) is 10.6 Å². The molecule has 4 nitrogen and oxygen atoms in total. The number of nitrogens with one attached hydrogen (secondary N) is 2. The fourth-order valence-corrected chi connectivity index (χ4v) is 3.96. The average molecular weight is 316 g/mol. The zero-order valence-corrected chi connectivity index (χ0v) is 13.8. The molecule has 0 saturated heterocycles. The van der Waals surface area contributed by atoms with Gasteiger partial charge in [-0.25, -0.2) is 4.79 Å². The molecular weight excluding hydrogens is 288 g/mol. The predicted octanol–water partition coefficient (Wildman–Crippen LogP) is 2.96. The van der Waals surface area contributed by atoms with Crippen molar-refractivity contribution in [3.8, 4) is 0 Å². The maximum Gasteiger partial charge on any atom is 0.314 e. The van der Waals surface area contributed by atoms with Gasteiger partial charge in [0, 0.05) is 18.5 Å². The van der Waals surface area contributed by atoms with Gasteiger partial charge in [0.15, 0.2) is 0 Å². The van der Waals surface area contributed by atoms with Gasteiger partial charge in [-0.05, 0) is 43.6 Å². The number of hydrogen-bond acceptors (Lipinski definition) is 2. The third-order valence-electron chi connectivity index (χ3n) is 5.59. The molecule has 3 rings (SSSR count). The Morgan fingerprint density at radius 1 is 1.13 bits per heavy atom. The Labute approximate surface area is 138 Å². The Kier molecular flexibility index (Phi) is 5.21. The van der Waals surface area contributed by atoms with Crippen LogP contribution in [-0.2, 0) is 5.41 Å². The van der Waals surface area contributed by atoms with Gasteiger partial charge in [0.05, 0.1) is 6.10 Å². The number of aliphatic hydroxyl groups is 1. The van der Waals surface area contributed by atoms with Crippen molar-refractivity contribution >= 4 is 6.03 Å². The van der Waals surface area contributed by atoms with Gasteiger partial charge >= 0.3 is 6.03 Å². The summed E-state index contributed by atoms with van der Waals surface area (Å²) in [7, 11) is 0. The summed E-state index contributed by atoms with van der Waals surface area (Å²) in [4.78, 5) is 12.1. The molecule has 2 fully saturated rings. The number of amides is 2. The molecule has 126 valence electrons. The van der Waals surface area contributed by atoms with E-state index in [0.717, 1.165) is 38.5 Å². The summed E-state index contributed by atoms with van der Waals surface area (Å²) < 4.78 is 0. The van der Waals surface area contributed by atoms with E-state index in [9.17, 15) is 9.90 Å². The van der Waals surface area contributed by atoms with Gasteiger partial charge in [0.2, 0.25) is 0 Å². The summed E-state index contributed by atoms with van der Waals surface area (Å²) in [6, 6.07) is 10.4. The van der Waals surface area contributed by atoms with E-state index < -0.39 is 0 Å². The summed E-state index contributed by atoms with van der Waals surface area (Å²) in [5.74, 6) is 0.413. The molecule has 0 radical (unpaired) electrons. The van der Waals surface area contributed by atoms with E-state index in [1.807, 2.05) is 6.07 Å². The lowest BCUT2D eigenvalue weighted by molar-refractivity contribution is 0.101. The number of rotatable bonds is 5. The van der Waals surface area contributed by atoms with Crippen molar-refractivity contribution < 1.29 is 9.90 Å². The fraction of sp³-hybridized carbons (Fsp3) is 0.632. The standard InChI is InChI=1S/C19H28N2O2/c22-17-9-4-6-15(12-17)13-20-18(23)21-14-19(10-5-11-19)16-7-2-1-3-8-16/h1-3,7-8,15,17,22H,4-6,9-14H2,(H2,20,21,23). The van der Waals surface area contributed by atoms with Crippen LogP contribution in [0.1, 0.15) is 50.5 Å². The van der Waals surface area contributed by atoms with E-state index in [1.165, 1.54) is 12.0 Å². The molecule has 2 aliphatic carbocycles. The minimum atomic E-state index is -0.185. The van der Waals surface area contributed by atoms with Crippen LogP contribution in [0.3, 0.4) is 0 Å². The van der Waals surface area contributed by atoms with Crippen LogP contribution >= 0.6 is 0 Å². The molecule has 2 amide bonds. The van der Waals surface area contributed by atoms with Gasteiger partial charge < -0.3 is 15.7 Å². The van der Waals surface area contributed by atoms with Crippen LogP contribution in [-0.4, -0.2) is 30.3 Å². The maximum absolute atomic E-state index is 12.1. The van der Waals surface area contributed by atoms with Crippen LogP contribution in [0.5, 0.6) is 0 Å². The van der Waals surface area contributed by atoms with Crippen molar-refractivity contribution in [3.05, 3.63) is 35.9 Å². The second-order valence-corrected chi connectivity index (χ2v) is 7.25. The highest BCUT2D eigenvalue weighted by Gasteiger charge is 2.38. The highest BCUT2D eigenvalue weighted by atomic mass is 16.3. The summed E-state index contributed by atoms with van der Waals surface area (Å²) in [6.45, 7) is 1.37. The molecule has 2 unspecified atom stereocenters. The van der Waals surface area contributed by atoms with Crippen LogP contribution < -0.4 is 10.6 Å². The third-order valence-corrected chi connectivity index (χ3v) is 5.59. The molecule has 23 heavy (non-hydrogen) atoms. The van der Waals surface area contributed by atoms with Crippen LogP contribution in [0.4, 0.5) is 4.79 Å². The summed E-state index contributed by atoms with van der Waals surface area (Å²) >= 11 is 0. The van der Waals surface area contributed by atoms with Crippen LogP contribution in [0, 0.1) is 5.92 Å². The Morgan fingerprint density at radius 2 is 1.91 bits per heavy atom. The Hall–Kier alpha value is -1.55. The molecule has 1 aromatic rings. The molecular formula is C19H28N2O2. The Bertz CT molecular complexity index is 513. The molecule has 4 heteroatoms. The van der Waals surface area contributed by atoms with Crippen LogP contribution in [0.15, 0.2) is 30.3 Å². The minimum absolute atomic E-state index is 0.0766. The number of carbonyl (C=O) groups excluding carboxylic acids is 1. The van der Waals surface area contributed by atoms with Gasteiger partial charge in [0.25, 0.3) is 0 Å². The second kappa shape index (κ2) is 7.35. The maximum atomic E-state index is 12.1.